The summed E-state index contributed by atoms with van der Waals surface area (Å²) >= 11 is 0. The van der Waals surface area contributed by atoms with Gasteiger partial charge in [0.25, 0.3) is 5.56 Å². The summed E-state index contributed by atoms with van der Waals surface area (Å²) in [6.07, 6.45) is 2.99. The zero-order valence-electron chi connectivity index (χ0n) is 11.5. The maximum atomic E-state index is 11.5. The minimum Gasteiger partial charge on any atom is -0.368 e. The van der Waals surface area contributed by atoms with E-state index in [0.717, 1.165) is 11.5 Å². The van der Waals surface area contributed by atoms with E-state index < -0.39 is 11.2 Å². The monoisotopic (exact) mass is 275 g/mol. The van der Waals surface area contributed by atoms with Crippen molar-refractivity contribution in [1.82, 2.24) is 19.5 Å². The highest BCUT2D eigenvalue weighted by Gasteiger charge is 2.03. The van der Waals surface area contributed by atoms with Crippen molar-refractivity contribution in [2.75, 3.05) is 11.9 Å². The first-order valence-corrected chi connectivity index (χ1v) is 6.42. The second-order valence-electron chi connectivity index (χ2n) is 4.71. The van der Waals surface area contributed by atoms with E-state index in [1.54, 1.807) is 0 Å². The molecule has 2 rings (SSSR count). The number of hydrogen-bond acceptors (Lipinski definition) is 5. The Hall–Kier alpha value is -2.44. The van der Waals surface area contributed by atoms with Crippen molar-refractivity contribution in [2.24, 2.45) is 0 Å². The average Bonchev–Trinajstić information content (AvgIpc) is 2.41. The molecule has 0 unspecified atom stereocenters. The van der Waals surface area contributed by atoms with Gasteiger partial charge in [0.05, 0.1) is 0 Å². The first-order valence-electron chi connectivity index (χ1n) is 6.42. The first kappa shape index (κ1) is 14.0. The second-order valence-corrected chi connectivity index (χ2v) is 4.71. The molecule has 7 nitrogen and oxygen atoms in total. The Morgan fingerprint density at radius 1 is 1.35 bits per heavy atom. The summed E-state index contributed by atoms with van der Waals surface area (Å²) in [4.78, 5) is 32.9. The Bertz CT molecular complexity index is 689. The van der Waals surface area contributed by atoms with Crippen LogP contribution in [0.4, 0.5) is 5.82 Å². The summed E-state index contributed by atoms with van der Waals surface area (Å²) in [5.74, 6) is 1.06. The van der Waals surface area contributed by atoms with E-state index >= 15 is 0 Å². The molecular formula is C13H17N5O2. The fourth-order valence-electron chi connectivity index (χ4n) is 1.71. The van der Waals surface area contributed by atoms with Gasteiger partial charge in [0.2, 0.25) is 0 Å². The number of anilines is 1. The molecule has 0 aliphatic carbocycles. The van der Waals surface area contributed by atoms with Crippen LogP contribution in [0.1, 0.15) is 25.5 Å². The van der Waals surface area contributed by atoms with Crippen LogP contribution in [0.5, 0.6) is 0 Å². The third kappa shape index (κ3) is 3.53. The van der Waals surface area contributed by atoms with E-state index in [2.05, 4.69) is 34.1 Å². The molecule has 20 heavy (non-hydrogen) atoms. The highest BCUT2D eigenvalue weighted by molar-refractivity contribution is 5.35. The standard InChI is InChI=1S/C13H17N5O2/c1-9(2)10-7-11(16-8-15-10)14-4-6-18-5-3-12(19)17-13(18)20/h3,5,7-9H,4,6H2,1-2H3,(H,14,15,16)(H,17,19,20). The van der Waals surface area contributed by atoms with Crippen molar-refractivity contribution in [3.05, 3.63) is 51.2 Å². The van der Waals surface area contributed by atoms with Crippen molar-refractivity contribution in [3.63, 3.8) is 0 Å². The summed E-state index contributed by atoms with van der Waals surface area (Å²) in [5, 5.41) is 3.13. The zero-order valence-corrected chi connectivity index (χ0v) is 11.5. The lowest BCUT2D eigenvalue weighted by Gasteiger charge is -2.09. The van der Waals surface area contributed by atoms with Crippen molar-refractivity contribution in [3.8, 4) is 0 Å². The lowest BCUT2D eigenvalue weighted by atomic mass is 10.1. The van der Waals surface area contributed by atoms with Crippen molar-refractivity contribution < 1.29 is 0 Å². The van der Waals surface area contributed by atoms with E-state index in [1.165, 1.54) is 23.2 Å². The SMILES string of the molecule is CC(C)c1cc(NCCn2ccc(=O)[nH]c2=O)ncn1. The molecule has 7 heteroatoms. The molecule has 0 fully saturated rings. The average molecular weight is 275 g/mol. The molecule has 0 spiro atoms. The molecule has 2 N–H and O–H groups in total. The number of nitrogens with zero attached hydrogens (tertiary/aromatic N) is 3. The number of aromatic nitrogens is 4. The fourth-order valence-corrected chi connectivity index (χ4v) is 1.71. The molecule has 0 saturated carbocycles. The van der Waals surface area contributed by atoms with Gasteiger partial charge in [-0.3, -0.25) is 14.3 Å². The van der Waals surface area contributed by atoms with Gasteiger partial charge < -0.3 is 5.32 Å². The molecule has 2 heterocycles. The van der Waals surface area contributed by atoms with E-state index in [-0.39, 0.29) is 0 Å². The molecule has 2 aromatic rings. The van der Waals surface area contributed by atoms with Crippen LogP contribution in [0.2, 0.25) is 0 Å². The lowest BCUT2D eigenvalue weighted by Crippen LogP contribution is -2.30. The van der Waals surface area contributed by atoms with Crippen LogP contribution < -0.4 is 16.6 Å². The summed E-state index contributed by atoms with van der Waals surface area (Å²) in [7, 11) is 0. The third-order valence-corrected chi connectivity index (χ3v) is 2.84. The van der Waals surface area contributed by atoms with Crippen LogP contribution in [-0.4, -0.2) is 26.1 Å². The topological polar surface area (TPSA) is 92.7 Å². The molecule has 106 valence electrons. The van der Waals surface area contributed by atoms with Crippen LogP contribution in [0, 0.1) is 0 Å². The first-order chi connectivity index (χ1) is 9.56. The van der Waals surface area contributed by atoms with Crippen molar-refractivity contribution in [2.45, 2.75) is 26.3 Å². The third-order valence-electron chi connectivity index (χ3n) is 2.84. The van der Waals surface area contributed by atoms with E-state index in [4.69, 9.17) is 0 Å². The Morgan fingerprint density at radius 3 is 2.85 bits per heavy atom. The van der Waals surface area contributed by atoms with E-state index in [9.17, 15) is 9.59 Å². The summed E-state index contributed by atoms with van der Waals surface area (Å²) in [5.41, 5.74) is 0.158. The van der Waals surface area contributed by atoms with Crippen molar-refractivity contribution >= 4 is 5.82 Å². The van der Waals surface area contributed by atoms with Gasteiger partial charge >= 0.3 is 5.69 Å². The minimum atomic E-state index is -0.412. The quantitative estimate of drug-likeness (QED) is 0.832. The smallest absolute Gasteiger partial charge is 0.328 e. The van der Waals surface area contributed by atoms with Gasteiger partial charge in [0, 0.05) is 37.1 Å². The predicted octanol–water partition coefficient (Wildman–Crippen LogP) is 0.562. The molecule has 0 atom stereocenters. The number of nitrogens with one attached hydrogen (secondary N) is 2. The Labute approximate surface area is 115 Å². The second kappa shape index (κ2) is 6.14. The minimum absolute atomic E-state index is 0.334. The maximum absolute atomic E-state index is 11.5. The van der Waals surface area contributed by atoms with Gasteiger partial charge in [0.15, 0.2) is 0 Å². The van der Waals surface area contributed by atoms with Crippen LogP contribution >= 0.6 is 0 Å². The summed E-state index contributed by atoms with van der Waals surface area (Å²) < 4.78 is 1.43. The molecular weight excluding hydrogens is 258 g/mol. The maximum Gasteiger partial charge on any atom is 0.328 e. The molecule has 0 aliphatic rings. The molecule has 0 bridgehead atoms. The number of hydrogen-bond donors (Lipinski definition) is 2. The highest BCUT2D eigenvalue weighted by Crippen LogP contribution is 2.13. The van der Waals surface area contributed by atoms with Gasteiger partial charge in [-0.25, -0.2) is 14.8 Å². The van der Waals surface area contributed by atoms with Crippen LogP contribution in [0.15, 0.2) is 34.2 Å². The highest BCUT2D eigenvalue weighted by atomic mass is 16.2. The van der Waals surface area contributed by atoms with Gasteiger partial charge in [-0.05, 0) is 5.92 Å². The van der Waals surface area contributed by atoms with E-state index in [0.29, 0.717) is 19.0 Å². The molecule has 0 amide bonds. The number of rotatable bonds is 5. The van der Waals surface area contributed by atoms with Crippen LogP contribution in [-0.2, 0) is 6.54 Å². The zero-order chi connectivity index (χ0) is 14.5. The van der Waals surface area contributed by atoms with Gasteiger partial charge in [0.1, 0.15) is 12.1 Å². The summed E-state index contributed by atoms with van der Waals surface area (Å²) in [6, 6.07) is 3.21. The van der Waals surface area contributed by atoms with E-state index in [1.807, 2.05) is 6.07 Å². The Kier molecular flexibility index (Phi) is 4.29. The largest absolute Gasteiger partial charge is 0.368 e. The van der Waals surface area contributed by atoms with Gasteiger partial charge in [-0.1, -0.05) is 13.8 Å². The van der Waals surface area contributed by atoms with Crippen LogP contribution in [0.25, 0.3) is 0 Å². The predicted molar refractivity (Wildman–Crippen MR) is 75.9 cm³/mol. The molecule has 2 aromatic heterocycles. The fraction of sp³-hybridized carbons (Fsp3) is 0.385. The number of aromatic amines is 1. The normalized spacial score (nSPS) is 10.8. The molecule has 0 saturated heterocycles. The number of H-pyrrole nitrogens is 1. The van der Waals surface area contributed by atoms with Crippen molar-refractivity contribution in [1.29, 1.82) is 0 Å². The van der Waals surface area contributed by atoms with Gasteiger partial charge in [-0.2, -0.15) is 0 Å². The summed E-state index contributed by atoms with van der Waals surface area (Å²) in [6.45, 7) is 5.09. The van der Waals surface area contributed by atoms with Crippen LogP contribution in [0.3, 0.4) is 0 Å². The Balaban J connectivity index is 1.97. The lowest BCUT2D eigenvalue weighted by molar-refractivity contribution is 0.668. The molecule has 0 aliphatic heterocycles. The Morgan fingerprint density at radius 2 is 2.15 bits per heavy atom. The van der Waals surface area contributed by atoms with Gasteiger partial charge in [-0.15, -0.1) is 0 Å². The molecule has 0 radical (unpaired) electrons. The molecule has 0 aromatic carbocycles.